The van der Waals surface area contributed by atoms with E-state index in [4.69, 9.17) is 10.5 Å². The van der Waals surface area contributed by atoms with Gasteiger partial charge in [0.2, 0.25) is 11.5 Å². The van der Waals surface area contributed by atoms with Crippen LogP contribution in [0.4, 0.5) is 14.6 Å². The SMILES string of the molecule is N#C[C@@]1(c2ccc3c(N)ncnn23)O[C@H](CCC(=O)CC2CCC(F)(F)CC2)[C@@H](O)[C@H]1O. The van der Waals surface area contributed by atoms with Crippen LogP contribution < -0.4 is 5.73 Å². The van der Waals surface area contributed by atoms with E-state index in [0.29, 0.717) is 18.4 Å². The Labute approximate surface area is 182 Å². The molecule has 2 aromatic heterocycles. The van der Waals surface area contributed by atoms with Crippen molar-refractivity contribution in [1.29, 1.82) is 5.26 Å². The molecule has 9 nitrogen and oxygen atoms in total. The molecule has 2 aliphatic rings. The molecule has 32 heavy (non-hydrogen) atoms. The van der Waals surface area contributed by atoms with Gasteiger partial charge in [-0.05, 0) is 37.3 Å². The summed E-state index contributed by atoms with van der Waals surface area (Å²) in [6, 6.07) is 5.05. The highest BCUT2D eigenvalue weighted by molar-refractivity contribution is 5.78. The predicted octanol–water partition coefficient (Wildman–Crippen LogP) is 1.72. The van der Waals surface area contributed by atoms with Gasteiger partial charge in [-0.25, -0.2) is 18.3 Å². The highest BCUT2D eigenvalue weighted by Gasteiger charge is 2.57. The Balaban J connectivity index is 1.44. The topological polar surface area (TPSA) is 147 Å². The average molecular weight is 449 g/mol. The van der Waals surface area contributed by atoms with Crippen LogP contribution in [0.2, 0.25) is 0 Å². The Morgan fingerprint density at radius 2 is 2.06 bits per heavy atom. The lowest BCUT2D eigenvalue weighted by atomic mass is 9.83. The largest absolute Gasteiger partial charge is 0.388 e. The predicted molar refractivity (Wildman–Crippen MR) is 107 cm³/mol. The Bertz CT molecular complexity index is 1040. The van der Waals surface area contributed by atoms with Crippen LogP contribution in [0.25, 0.3) is 5.52 Å². The number of nitrogens with zero attached hydrogens (tertiary/aromatic N) is 4. The van der Waals surface area contributed by atoms with Crippen LogP contribution in [0.3, 0.4) is 0 Å². The Hall–Kier alpha value is -2.68. The highest BCUT2D eigenvalue weighted by atomic mass is 19.3. The third-order valence-electron chi connectivity index (χ3n) is 6.55. The van der Waals surface area contributed by atoms with Gasteiger partial charge in [-0.2, -0.15) is 10.4 Å². The van der Waals surface area contributed by atoms with Crippen molar-refractivity contribution in [2.24, 2.45) is 5.92 Å². The van der Waals surface area contributed by atoms with Crippen LogP contribution in [-0.4, -0.2) is 54.8 Å². The fraction of sp³-hybridized carbons (Fsp3) is 0.619. The minimum absolute atomic E-state index is 0.0485. The van der Waals surface area contributed by atoms with Gasteiger partial charge in [0.05, 0.1) is 11.8 Å². The molecule has 2 fully saturated rings. The standard InChI is InChI=1S/C21H25F2N5O4/c22-20(23)7-5-12(6-8-20)9-13(29)1-3-15-17(30)18(31)21(10-24,32-15)16-4-2-14-19(25)26-11-27-28(14)16/h2,4,11-12,15,17-18,30-31H,1,3,5-9H2,(H2,25,26,27)/t15-,17-,18-,21+/m1/s1. The van der Waals surface area contributed by atoms with Gasteiger partial charge >= 0.3 is 0 Å². The average Bonchev–Trinajstić information content (AvgIpc) is 3.30. The van der Waals surface area contributed by atoms with Gasteiger partial charge in [0.1, 0.15) is 35.9 Å². The zero-order valence-electron chi connectivity index (χ0n) is 17.3. The maximum Gasteiger partial charge on any atom is 0.248 e. The van der Waals surface area contributed by atoms with E-state index in [2.05, 4.69) is 10.1 Å². The lowest BCUT2D eigenvalue weighted by Gasteiger charge is -2.27. The highest BCUT2D eigenvalue weighted by Crippen LogP contribution is 2.42. The number of anilines is 1. The molecule has 172 valence electrons. The normalized spacial score (nSPS) is 30.4. The number of Topliss-reactive ketones (excluding diaryl/α,β-unsaturated/α-hetero) is 1. The number of carbonyl (C=O) groups excluding carboxylic acids is 1. The molecule has 1 aliphatic carbocycles. The number of rotatable bonds is 6. The summed E-state index contributed by atoms with van der Waals surface area (Å²) >= 11 is 0. The van der Waals surface area contributed by atoms with E-state index in [0.717, 1.165) is 0 Å². The summed E-state index contributed by atoms with van der Waals surface area (Å²) in [6.45, 7) is 0. The Morgan fingerprint density at radius 3 is 2.75 bits per heavy atom. The van der Waals surface area contributed by atoms with E-state index < -0.39 is 29.8 Å². The summed E-state index contributed by atoms with van der Waals surface area (Å²) < 4.78 is 33.8. The fourth-order valence-corrected chi connectivity index (χ4v) is 4.68. The first-order valence-corrected chi connectivity index (χ1v) is 10.6. The van der Waals surface area contributed by atoms with E-state index >= 15 is 0 Å². The lowest BCUT2D eigenvalue weighted by Crippen LogP contribution is -2.40. The summed E-state index contributed by atoms with van der Waals surface area (Å²) in [6.07, 6.45) is -2.20. The number of fused-ring (bicyclic) bond motifs is 1. The van der Waals surface area contributed by atoms with E-state index in [-0.39, 0.29) is 55.3 Å². The molecule has 0 bridgehead atoms. The molecule has 1 saturated carbocycles. The van der Waals surface area contributed by atoms with E-state index in [1.807, 2.05) is 6.07 Å². The van der Waals surface area contributed by atoms with Crippen LogP contribution in [0.1, 0.15) is 50.6 Å². The number of ether oxygens (including phenoxy) is 1. The third kappa shape index (κ3) is 3.94. The summed E-state index contributed by atoms with van der Waals surface area (Å²) in [5, 5.41) is 35.2. The number of alkyl halides is 2. The van der Waals surface area contributed by atoms with Crippen molar-refractivity contribution in [3.63, 3.8) is 0 Å². The second kappa shape index (κ2) is 8.35. The number of halogens is 2. The molecule has 0 unspecified atom stereocenters. The van der Waals surface area contributed by atoms with Crippen molar-refractivity contribution in [1.82, 2.24) is 14.6 Å². The molecule has 4 atom stereocenters. The van der Waals surface area contributed by atoms with E-state index in [1.54, 1.807) is 6.07 Å². The molecule has 1 aliphatic heterocycles. The van der Waals surface area contributed by atoms with Crippen LogP contribution in [-0.2, 0) is 15.1 Å². The Morgan fingerprint density at radius 1 is 1.34 bits per heavy atom. The summed E-state index contributed by atoms with van der Waals surface area (Å²) in [5.74, 6) is -2.65. The van der Waals surface area contributed by atoms with Crippen LogP contribution >= 0.6 is 0 Å². The molecule has 0 spiro atoms. The number of nitrogen functional groups attached to an aromatic ring is 1. The number of hydrogen-bond donors (Lipinski definition) is 3. The van der Waals surface area contributed by atoms with Gasteiger partial charge < -0.3 is 20.7 Å². The first-order valence-electron chi connectivity index (χ1n) is 10.6. The number of aliphatic hydroxyl groups excluding tert-OH is 2. The summed E-state index contributed by atoms with van der Waals surface area (Å²) in [5.41, 5.74) is 4.52. The van der Waals surface area contributed by atoms with Crippen molar-refractivity contribution in [2.45, 2.75) is 74.8 Å². The molecule has 4 rings (SSSR count). The summed E-state index contributed by atoms with van der Waals surface area (Å²) in [7, 11) is 0. The minimum atomic E-state index is -2.64. The van der Waals surface area contributed by atoms with E-state index in [1.165, 1.54) is 16.9 Å². The number of carbonyl (C=O) groups is 1. The molecule has 0 aromatic carbocycles. The second-order valence-electron chi connectivity index (χ2n) is 8.68. The smallest absolute Gasteiger partial charge is 0.248 e. The monoisotopic (exact) mass is 449 g/mol. The van der Waals surface area contributed by atoms with Gasteiger partial charge in [0.25, 0.3) is 0 Å². The van der Waals surface area contributed by atoms with Gasteiger partial charge in [-0.15, -0.1) is 0 Å². The van der Waals surface area contributed by atoms with Crippen LogP contribution in [0.15, 0.2) is 18.5 Å². The molecule has 0 amide bonds. The number of nitriles is 1. The van der Waals surface area contributed by atoms with Gasteiger partial charge in [-0.1, -0.05) is 0 Å². The number of aliphatic hydroxyl groups is 2. The fourth-order valence-electron chi connectivity index (χ4n) is 4.68. The van der Waals surface area contributed by atoms with Crippen molar-refractivity contribution in [3.8, 4) is 6.07 Å². The molecule has 3 heterocycles. The van der Waals surface area contributed by atoms with Crippen LogP contribution in [0.5, 0.6) is 0 Å². The number of nitrogens with two attached hydrogens (primary N) is 1. The third-order valence-corrected chi connectivity index (χ3v) is 6.55. The molecular weight excluding hydrogens is 424 g/mol. The molecule has 4 N–H and O–H groups in total. The number of ketones is 1. The molecule has 1 saturated heterocycles. The maximum atomic E-state index is 13.3. The van der Waals surface area contributed by atoms with Crippen molar-refractivity contribution < 1.29 is 28.5 Å². The second-order valence-corrected chi connectivity index (χ2v) is 8.68. The molecular formula is C21H25F2N5O4. The minimum Gasteiger partial charge on any atom is -0.388 e. The van der Waals surface area contributed by atoms with Gasteiger partial charge in [0, 0.05) is 25.7 Å². The maximum absolute atomic E-state index is 13.3. The number of hydrogen-bond acceptors (Lipinski definition) is 8. The molecule has 11 heteroatoms. The zero-order chi connectivity index (χ0) is 23.1. The molecule has 2 aromatic rings. The molecule has 0 radical (unpaired) electrons. The van der Waals surface area contributed by atoms with Crippen LogP contribution in [0, 0.1) is 17.2 Å². The lowest BCUT2D eigenvalue weighted by molar-refractivity contribution is -0.122. The zero-order valence-corrected chi connectivity index (χ0v) is 17.3. The van der Waals surface area contributed by atoms with E-state index in [9.17, 15) is 29.1 Å². The van der Waals surface area contributed by atoms with Crippen molar-refractivity contribution in [3.05, 3.63) is 24.2 Å². The first-order chi connectivity index (χ1) is 15.2. The van der Waals surface area contributed by atoms with Gasteiger partial charge in [-0.3, -0.25) is 4.79 Å². The van der Waals surface area contributed by atoms with Crippen molar-refractivity contribution in [2.75, 3.05) is 5.73 Å². The number of aromatic nitrogens is 3. The Kier molecular flexibility index (Phi) is 5.87. The van der Waals surface area contributed by atoms with Crippen molar-refractivity contribution >= 4 is 17.1 Å². The summed E-state index contributed by atoms with van der Waals surface area (Å²) in [4.78, 5) is 16.3. The van der Waals surface area contributed by atoms with Gasteiger partial charge in [0.15, 0.2) is 5.82 Å². The quantitative estimate of drug-likeness (QED) is 0.604. The first kappa shape index (κ1) is 22.5.